The number of nitrogens with one attached hydrogen (secondary N) is 1. The Bertz CT molecular complexity index is 1170. The average molecular weight is 474 g/mol. The molecule has 4 heterocycles. The second-order valence-corrected chi connectivity index (χ2v) is 12.0. The van der Waals surface area contributed by atoms with Gasteiger partial charge < -0.3 is 9.72 Å². The highest BCUT2D eigenvalue weighted by Gasteiger charge is 2.28. The Hall–Kier alpha value is -1.71. The molecule has 6 nitrogen and oxygen atoms in total. The minimum atomic E-state index is -3.09. The van der Waals surface area contributed by atoms with Gasteiger partial charge >= 0.3 is 0 Å². The molecule has 0 saturated carbocycles. The lowest BCUT2D eigenvalue weighted by molar-refractivity contribution is 0.0346. The number of hydrogen-bond donors (Lipinski definition) is 1. The molecule has 0 unspecified atom stereocenters. The summed E-state index contributed by atoms with van der Waals surface area (Å²) in [4.78, 5) is 7.27. The fourth-order valence-corrected chi connectivity index (χ4v) is 6.95. The smallest absolute Gasteiger partial charge is 0.213 e. The van der Waals surface area contributed by atoms with Crippen LogP contribution in [0.15, 0.2) is 35.8 Å². The molecule has 2 aliphatic heterocycles. The highest BCUT2D eigenvalue weighted by Crippen LogP contribution is 2.36. The molecule has 2 aromatic heterocycles. The van der Waals surface area contributed by atoms with Gasteiger partial charge in [-0.25, -0.2) is 12.7 Å². The van der Waals surface area contributed by atoms with E-state index in [9.17, 15) is 8.42 Å². The highest BCUT2D eigenvalue weighted by molar-refractivity contribution is 7.89. The number of sulfonamides is 1. The largest absolute Gasteiger partial charge is 0.379 e. The maximum Gasteiger partial charge on any atom is 0.213 e. The zero-order valence-corrected chi connectivity index (χ0v) is 20.2. The number of piperidine rings is 1. The van der Waals surface area contributed by atoms with Gasteiger partial charge in [0.1, 0.15) is 0 Å². The Kier molecular flexibility index (Phi) is 6.40. The zero-order chi connectivity index (χ0) is 22.1. The first-order valence-corrected chi connectivity index (χ1v) is 14.0. The first-order valence-electron chi connectivity index (χ1n) is 11.5. The standard InChI is InChI=1S/C24H31N3O3S2/c1-2-32(28,29)27-7-5-18(6-8-27)23-15-25-24-4-3-19(14-22(23)24)20-13-21(31-17-20)16-26-9-11-30-12-10-26/h3-4,13-15,17-18,25H,2,5-12,16H2,1H3. The predicted molar refractivity (Wildman–Crippen MR) is 131 cm³/mol. The van der Waals surface area contributed by atoms with Gasteiger partial charge in [0, 0.05) is 54.7 Å². The molecule has 0 spiro atoms. The number of hydrogen-bond acceptors (Lipinski definition) is 5. The van der Waals surface area contributed by atoms with Gasteiger partial charge in [-0.2, -0.15) is 0 Å². The van der Waals surface area contributed by atoms with Gasteiger partial charge in [0.2, 0.25) is 10.0 Å². The second-order valence-electron chi connectivity index (χ2n) is 8.77. The lowest BCUT2D eigenvalue weighted by atomic mass is 9.89. The molecule has 172 valence electrons. The Morgan fingerprint density at radius 2 is 1.88 bits per heavy atom. The summed E-state index contributed by atoms with van der Waals surface area (Å²) in [6.07, 6.45) is 3.87. The molecule has 32 heavy (non-hydrogen) atoms. The van der Waals surface area contributed by atoms with E-state index in [0.717, 1.165) is 51.2 Å². The molecular formula is C24H31N3O3S2. The summed E-state index contributed by atoms with van der Waals surface area (Å²) in [5, 5.41) is 3.53. The number of thiophene rings is 1. The normalized spacial score (nSPS) is 19.7. The molecule has 8 heteroatoms. The van der Waals surface area contributed by atoms with Gasteiger partial charge in [-0.3, -0.25) is 4.90 Å². The molecule has 0 aliphatic carbocycles. The topological polar surface area (TPSA) is 65.6 Å². The number of morpholine rings is 1. The summed E-state index contributed by atoms with van der Waals surface area (Å²) in [5.41, 5.74) is 4.99. The van der Waals surface area contributed by atoms with Crippen molar-refractivity contribution in [3.8, 4) is 11.1 Å². The van der Waals surface area contributed by atoms with Gasteiger partial charge in [0.15, 0.2) is 0 Å². The SMILES string of the molecule is CCS(=O)(=O)N1CCC(c2c[nH]c3ccc(-c4csc(CN5CCOCC5)c4)cc23)CC1. The van der Waals surface area contributed by atoms with Gasteiger partial charge in [0.05, 0.1) is 19.0 Å². The second kappa shape index (κ2) is 9.27. The van der Waals surface area contributed by atoms with Crippen LogP contribution in [0.3, 0.4) is 0 Å². The van der Waals surface area contributed by atoms with Crippen LogP contribution in [0.2, 0.25) is 0 Å². The van der Waals surface area contributed by atoms with E-state index < -0.39 is 10.0 Å². The maximum absolute atomic E-state index is 12.2. The molecule has 0 radical (unpaired) electrons. The van der Waals surface area contributed by atoms with Crippen LogP contribution in [-0.2, 0) is 21.3 Å². The molecule has 2 aliphatic rings. The number of ether oxygens (including phenoxy) is 1. The van der Waals surface area contributed by atoms with Crippen molar-refractivity contribution < 1.29 is 13.2 Å². The molecule has 0 bridgehead atoms. The van der Waals surface area contributed by atoms with Crippen LogP contribution in [0.25, 0.3) is 22.0 Å². The summed E-state index contributed by atoms with van der Waals surface area (Å²) >= 11 is 1.83. The molecule has 1 N–H and O–H groups in total. The third-order valence-corrected chi connectivity index (χ3v) is 9.64. The van der Waals surface area contributed by atoms with Gasteiger partial charge in [-0.1, -0.05) is 6.07 Å². The van der Waals surface area contributed by atoms with E-state index in [1.54, 1.807) is 11.2 Å². The van der Waals surface area contributed by atoms with Crippen LogP contribution in [0, 0.1) is 0 Å². The Labute approximate surface area is 194 Å². The molecule has 5 rings (SSSR count). The fraction of sp³-hybridized carbons (Fsp3) is 0.500. The van der Waals surface area contributed by atoms with Gasteiger partial charge in [-0.15, -0.1) is 11.3 Å². The van der Waals surface area contributed by atoms with Crippen LogP contribution in [-0.4, -0.2) is 67.8 Å². The van der Waals surface area contributed by atoms with E-state index in [-0.39, 0.29) is 5.75 Å². The van der Waals surface area contributed by atoms with Crippen LogP contribution < -0.4 is 0 Å². The van der Waals surface area contributed by atoms with Crippen LogP contribution in [0.5, 0.6) is 0 Å². The first kappa shape index (κ1) is 22.1. The summed E-state index contributed by atoms with van der Waals surface area (Å²) < 4.78 is 31.5. The average Bonchev–Trinajstić information content (AvgIpc) is 3.46. The van der Waals surface area contributed by atoms with E-state index in [1.165, 1.54) is 27.0 Å². The zero-order valence-electron chi connectivity index (χ0n) is 18.5. The molecule has 0 atom stereocenters. The van der Waals surface area contributed by atoms with E-state index in [4.69, 9.17) is 4.74 Å². The van der Waals surface area contributed by atoms with E-state index in [1.807, 2.05) is 11.3 Å². The van der Waals surface area contributed by atoms with E-state index >= 15 is 0 Å². The van der Waals surface area contributed by atoms with E-state index in [0.29, 0.717) is 19.0 Å². The number of fused-ring (bicyclic) bond motifs is 1. The number of rotatable bonds is 6. The summed E-state index contributed by atoms with van der Waals surface area (Å²) in [6.45, 7) is 7.60. The lowest BCUT2D eigenvalue weighted by Crippen LogP contribution is -2.38. The summed E-state index contributed by atoms with van der Waals surface area (Å²) in [7, 11) is -3.09. The number of aromatic amines is 1. The number of aromatic nitrogens is 1. The van der Waals surface area contributed by atoms with Crippen molar-refractivity contribution >= 4 is 32.3 Å². The van der Waals surface area contributed by atoms with Crippen molar-refractivity contribution in [1.29, 1.82) is 0 Å². The Morgan fingerprint density at radius 3 is 2.62 bits per heavy atom. The van der Waals surface area contributed by atoms with Gasteiger partial charge in [0.25, 0.3) is 0 Å². The molecule has 2 fully saturated rings. The monoisotopic (exact) mass is 473 g/mol. The van der Waals surface area contributed by atoms with Crippen molar-refractivity contribution in [3.05, 3.63) is 46.3 Å². The van der Waals surface area contributed by atoms with Crippen molar-refractivity contribution in [3.63, 3.8) is 0 Å². The van der Waals surface area contributed by atoms with Crippen LogP contribution in [0.1, 0.15) is 36.1 Å². The quantitative estimate of drug-likeness (QED) is 0.581. The van der Waals surface area contributed by atoms with Crippen LogP contribution in [0.4, 0.5) is 0 Å². The van der Waals surface area contributed by atoms with Crippen molar-refractivity contribution in [2.24, 2.45) is 0 Å². The third-order valence-electron chi connectivity index (χ3n) is 6.84. The maximum atomic E-state index is 12.2. The first-order chi connectivity index (χ1) is 15.5. The predicted octanol–water partition coefficient (Wildman–Crippen LogP) is 4.26. The highest BCUT2D eigenvalue weighted by atomic mass is 32.2. The van der Waals surface area contributed by atoms with E-state index in [2.05, 4.69) is 45.7 Å². The minimum absolute atomic E-state index is 0.183. The molecule has 0 amide bonds. The lowest BCUT2D eigenvalue weighted by Gasteiger charge is -2.30. The molecular weight excluding hydrogens is 442 g/mol. The Morgan fingerprint density at radius 1 is 1.09 bits per heavy atom. The molecule has 1 aromatic carbocycles. The Balaban J connectivity index is 1.33. The third kappa shape index (κ3) is 4.52. The molecule has 3 aromatic rings. The summed E-state index contributed by atoms with van der Waals surface area (Å²) in [6, 6.07) is 8.99. The molecule has 2 saturated heterocycles. The number of benzene rings is 1. The van der Waals surface area contributed by atoms with Gasteiger partial charge in [-0.05, 0) is 66.0 Å². The number of nitrogens with zero attached hydrogens (tertiary/aromatic N) is 2. The van der Waals surface area contributed by atoms with Crippen LogP contribution >= 0.6 is 11.3 Å². The van der Waals surface area contributed by atoms with Crippen molar-refractivity contribution in [1.82, 2.24) is 14.2 Å². The van der Waals surface area contributed by atoms with Crippen molar-refractivity contribution in [2.45, 2.75) is 32.2 Å². The van der Waals surface area contributed by atoms with Crippen molar-refractivity contribution in [2.75, 3.05) is 45.1 Å². The number of H-pyrrole nitrogens is 1. The minimum Gasteiger partial charge on any atom is -0.379 e. The summed E-state index contributed by atoms with van der Waals surface area (Å²) in [5.74, 6) is 0.573. The fourth-order valence-electron chi connectivity index (χ4n) is 4.88.